The molecule has 0 aliphatic carbocycles. The van der Waals surface area contributed by atoms with Crippen molar-refractivity contribution >= 4 is 24.2 Å². The molecule has 1 rings (SSSR count). The second-order valence-corrected chi connectivity index (χ2v) is 4.34. The normalized spacial score (nSPS) is 9.80. The molecule has 1 aromatic rings. The van der Waals surface area contributed by atoms with Crippen molar-refractivity contribution in [3.8, 4) is 0 Å². The number of rotatable bonds is 5. The molecule has 0 aliphatic heterocycles. The summed E-state index contributed by atoms with van der Waals surface area (Å²) in [6.45, 7) is 4.77. The quantitative estimate of drug-likeness (QED) is 0.493. The molecule has 0 fully saturated rings. The Morgan fingerprint density at radius 1 is 1.20 bits per heavy atom. The summed E-state index contributed by atoms with van der Waals surface area (Å²) in [5.74, 6) is 1.06. The van der Waals surface area contributed by atoms with Gasteiger partial charge in [-0.3, -0.25) is 0 Å². The molecule has 5 heteroatoms. The molecule has 2 N–H and O–H groups in total. The van der Waals surface area contributed by atoms with E-state index >= 15 is 0 Å². The van der Waals surface area contributed by atoms with Crippen LogP contribution < -0.4 is 5.73 Å². The topological polar surface area (TPSA) is 51.8 Å². The van der Waals surface area contributed by atoms with Crippen molar-refractivity contribution in [3.05, 3.63) is 17.5 Å². The standard InChI is InChI=1S/C10H17N3S.ClH/c1-8-7-9(2)13-10(12-8)14-6-4-3-5-11;/h7H,3-6,11H2,1-2H3;1H. The summed E-state index contributed by atoms with van der Waals surface area (Å²) >= 11 is 1.71. The summed E-state index contributed by atoms with van der Waals surface area (Å²) in [6, 6.07) is 1.99. The first kappa shape index (κ1) is 14.7. The van der Waals surface area contributed by atoms with E-state index in [-0.39, 0.29) is 12.4 Å². The van der Waals surface area contributed by atoms with Crippen LogP contribution in [0.3, 0.4) is 0 Å². The van der Waals surface area contributed by atoms with Crippen molar-refractivity contribution in [1.29, 1.82) is 0 Å². The molecule has 0 bridgehead atoms. The number of nitrogens with two attached hydrogens (primary N) is 1. The molecule has 0 radical (unpaired) electrons. The van der Waals surface area contributed by atoms with Crippen LogP contribution in [0.4, 0.5) is 0 Å². The Morgan fingerprint density at radius 3 is 2.33 bits per heavy atom. The highest BCUT2D eigenvalue weighted by Crippen LogP contribution is 2.15. The molecule has 0 amide bonds. The molecule has 0 unspecified atom stereocenters. The van der Waals surface area contributed by atoms with Crippen LogP contribution in [0.2, 0.25) is 0 Å². The molecular weight excluding hydrogens is 230 g/mol. The lowest BCUT2D eigenvalue weighted by Gasteiger charge is -2.02. The Balaban J connectivity index is 0.00000196. The minimum absolute atomic E-state index is 0. The van der Waals surface area contributed by atoms with E-state index in [1.54, 1.807) is 11.8 Å². The monoisotopic (exact) mass is 247 g/mol. The summed E-state index contributed by atoms with van der Waals surface area (Å²) in [6.07, 6.45) is 2.22. The third-order valence-electron chi connectivity index (χ3n) is 1.79. The predicted molar refractivity (Wildman–Crippen MR) is 67.8 cm³/mol. The Morgan fingerprint density at radius 2 is 1.80 bits per heavy atom. The molecule has 0 aromatic carbocycles. The third-order valence-corrected chi connectivity index (χ3v) is 2.72. The Kier molecular flexibility index (Phi) is 7.74. The fourth-order valence-electron chi connectivity index (χ4n) is 1.17. The van der Waals surface area contributed by atoms with Crippen molar-refractivity contribution < 1.29 is 0 Å². The molecular formula is C10H18ClN3S. The molecule has 0 saturated heterocycles. The lowest BCUT2D eigenvalue weighted by Crippen LogP contribution is -1.99. The van der Waals surface area contributed by atoms with Crippen LogP contribution in [-0.4, -0.2) is 22.3 Å². The molecule has 86 valence electrons. The van der Waals surface area contributed by atoms with E-state index in [1.807, 2.05) is 19.9 Å². The number of thioether (sulfide) groups is 1. The summed E-state index contributed by atoms with van der Waals surface area (Å²) in [4.78, 5) is 8.70. The lowest BCUT2D eigenvalue weighted by molar-refractivity contribution is 0.811. The number of aryl methyl sites for hydroxylation is 2. The average Bonchev–Trinajstić information content (AvgIpc) is 2.11. The highest BCUT2D eigenvalue weighted by molar-refractivity contribution is 7.99. The van der Waals surface area contributed by atoms with E-state index in [0.717, 1.165) is 41.7 Å². The van der Waals surface area contributed by atoms with Crippen LogP contribution in [-0.2, 0) is 0 Å². The Hall–Kier alpha value is -0.320. The number of nitrogens with zero attached hydrogens (tertiary/aromatic N) is 2. The number of aromatic nitrogens is 2. The van der Waals surface area contributed by atoms with Gasteiger partial charge in [-0.15, -0.1) is 12.4 Å². The van der Waals surface area contributed by atoms with Gasteiger partial charge in [0.1, 0.15) is 0 Å². The first-order valence-corrected chi connectivity index (χ1v) is 5.86. The molecule has 15 heavy (non-hydrogen) atoms. The second-order valence-electron chi connectivity index (χ2n) is 3.28. The first-order chi connectivity index (χ1) is 6.72. The van der Waals surface area contributed by atoms with Gasteiger partial charge >= 0.3 is 0 Å². The minimum atomic E-state index is 0. The number of hydrogen-bond donors (Lipinski definition) is 1. The molecule has 1 aromatic heterocycles. The zero-order valence-electron chi connectivity index (χ0n) is 9.19. The summed E-state index contributed by atoms with van der Waals surface area (Å²) in [5.41, 5.74) is 7.50. The largest absolute Gasteiger partial charge is 0.330 e. The maximum Gasteiger partial charge on any atom is 0.187 e. The van der Waals surface area contributed by atoms with Crippen molar-refractivity contribution in [2.24, 2.45) is 5.73 Å². The van der Waals surface area contributed by atoms with Gasteiger partial charge in [0.05, 0.1) is 0 Å². The SMILES string of the molecule is Cc1cc(C)nc(SCCCCN)n1.Cl. The first-order valence-electron chi connectivity index (χ1n) is 4.87. The van der Waals surface area contributed by atoms with Gasteiger partial charge in [-0.25, -0.2) is 9.97 Å². The van der Waals surface area contributed by atoms with Gasteiger partial charge in [-0.1, -0.05) is 11.8 Å². The molecule has 1 heterocycles. The lowest BCUT2D eigenvalue weighted by atomic mass is 10.3. The van der Waals surface area contributed by atoms with Crippen LogP contribution in [0.15, 0.2) is 11.2 Å². The molecule has 0 spiro atoms. The van der Waals surface area contributed by atoms with E-state index in [0.29, 0.717) is 0 Å². The van der Waals surface area contributed by atoms with Gasteiger partial charge in [-0.2, -0.15) is 0 Å². The summed E-state index contributed by atoms with van der Waals surface area (Å²) in [7, 11) is 0. The molecule has 0 saturated carbocycles. The van der Waals surface area contributed by atoms with Gasteiger partial charge in [0.25, 0.3) is 0 Å². The third kappa shape index (κ3) is 5.97. The fourth-order valence-corrected chi connectivity index (χ4v) is 2.12. The molecule has 0 aliphatic rings. The zero-order chi connectivity index (χ0) is 10.4. The summed E-state index contributed by atoms with van der Waals surface area (Å²) < 4.78 is 0. The fraction of sp³-hybridized carbons (Fsp3) is 0.600. The van der Waals surface area contributed by atoms with Crippen LogP contribution in [0, 0.1) is 13.8 Å². The highest BCUT2D eigenvalue weighted by Gasteiger charge is 1.99. The van der Waals surface area contributed by atoms with Gasteiger partial charge in [-0.05, 0) is 39.3 Å². The van der Waals surface area contributed by atoms with Crippen LogP contribution in [0.5, 0.6) is 0 Å². The maximum absolute atomic E-state index is 5.42. The van der Waals surface area contributed by atoms with Crippen molar-refractivity contribution in [2.45, 2.75) is 31.8 Å². The molecule has 0 atom stereocenters. The smallest absolute Gasteiger partial charge is 0.187 e. The maximum atomic E-state index is 5.42. The van der Waals surface area contributed by atoms with Crippen LogP contribution >= 0.6 is 24.2 Å². The van der Waals surface area contributed by atoms with E-state index in [2.05, 4.69) is 9.97 Å². The zero-order valence-corrected chi connectivity index (χ0v) is 10.8. The van der Waals surface area contributed by atoms with Gasteiger partial charge in [0, 0.05) is 17.1 Å². The number of unbranched alkanes of at least 4 members (excludes halogenated alkanes) is 1. The number of hydrogen-bond acceptors (Lipinski definition) is 4. The van der Waals surface area contributed by atoms with Crippen molar-refractivity contribution in [1.82, 2.24) is 9.97 Å². The van der Waals surface area contributed by atoms with E-state index in [9.17, 15) is 0 Å². The Labute approximate surface area is 102 Å². The Bertz CT molecular complexity index is 274. The van der Waals surface area contributed by atoms with Crippen molar-refractivity contribution in [3.63, 3.8) is 0 Å². The van der Waals surface area contributed by atoms with Gasteiger partial charge in [0.15, 0.2) is 5.16 Å². The predicted octanol–water partition coefficient (Wildman–Crippen LogP) is 2.35. The van der Waals surface area contributed by atoms with Gasteiger partial charge in [0.2, 0.25) is 0 Å². The second kappa shape index (κ2) is 7.91. The minimum Gasteiger partial charge on any atom is -0.330 e. The van der Waals surface area contributed by atoms with E-state index < -0.39 is 0 Å². The van der Waals surface area contributed by atoms with Crippen molar-refractivity contribution in [2.75, 3.05) is 12.3 Å². The summed E-state index contributed by atoms with van der Waals surface area (Å²) in [5, 5.41) is 0.888. The average molecular weight is 248 g/mol. The van der Waals surface area contributed by atoms with Crippen LogP contribution in [0.1, 0.15) is 24.2 Å². The van der Waals surface area contributed by atoms with E-state index in [4.69, 9.17) is 5.73 Å². The highest BCUT2D eigenvalue weighted by atomic mass is 35.5. The van der Waals surface area contributed by atoms with Crippen LogP contribution in [0.25, 0.3) is 0 Å². The van der Waals surface area contributed by atoms with E-state index in [1.165, 1.54) is 0 Å². The molecule has 3 nitrogen and oxygen atoms in total. The number of halogens is 1. The van der Waals surface area contributed by atoms with Gasteiger partial charge < -0.3 is 5.73 Å².